The molecule has 6 heteroatoms. The number of H-pyrrole nitrogens is 1. The van der Waals surface area contributed by atoms with E-state index in [1.165, 1.54) is 33.3 Å². The Kier molecular flexibility index (Phi) is 6.03. The minimum atomic E-state index is -1.31. The largest absolute Gasteiger partial charge is 0.477 e. The zero-order valence-electron chi connectivity index (χ0n) is 15.2. The van der Waals surface area contributed by atoms with Crippen LogP contribution in [-0.4, -0.2) is 20.6 Å². The van der Waals surface area contributed by atoms with Crippen molar-refractivity contribution in [2.75, 3.05) is 0 Å². The molecule has 2 aromatic heterocycles. The molecular weight excluding hydrogens is 359 g/mol. The van der Waals surface area contributed by atoms with Crippen LogP contribution in [0.5, 0.6) is 0 Å². The highest BCUT2D eigenvalue weighted by molar-refractivity contribution is 5.92. The number of aromatic nitrogens is 2. The first-order valence-corrected chi connectivity index (χ1v) is 8.35. The molecule has 4 rings (SSSR count). The van der Waals surface area contributed by atoms with Gasteiger partial charge in [-0.2, -0.15) is 0 Å². The van der Waals surface area contributed by atoms with Crippen molar-refractivity contribution in [2.45, 2.75) is 21.3 Å². The summed E-state index contributed by atoms with van der Waals surface area (Å²) in [7, 11) is 1.62. The smallest absolute Gasteiger partial charge is 0.341 e. The summed E-state index contributed by atoms with van der Waals surface area (Å²) >= 11 is 0. The molecule has 146 valence electrons. The van der Waals surface area contributed by atoms with Gasteiger partial charge >= 0.3 is 5.97 Å². The van der Waals surface area contributed by atoms with Crippen molar-refractivity contribution < 1.29 is 14.3 Å². The molecular formula is C22H23FN2O3. The third-order valence-corrected chi connectivity index (χ3v) is 4.50. The first-order chi connectivity index (χ1) is 12.8. The predicted octanol–water partition coefficient (Wildman–Crippen LogP) is 4.80. The molecule has 0 bridgehead atoms. The molecule has 0 unspecified atom stereocenters. The lowest BCUT2D eigenvalue weighted by Gasteiger charge is -2.08. The quantitative estimate of drug-likeness (QED) is 0.497. The Morgan fingerprint density at radius 2 is 1.79 bits per heavy atom. The predicted molar refractivity (Wildman–Crippen MR) is 111 cm³/mol. The second-order valence-electron chi connectivity index (χ2n) is 6.42. The Hall–Kier alpha value is -3.41. The lowest BCUT2D eigenvalue weighted by molar-refractivity contribution is 0.0695. The number of carbonyl (C=O) groups is 1. The SMILES string of the molecule is C.Cc1c[nH]c2ccccc12.Cc1cc2c(cc1F)c(=O)c(C(=O)O)cn2C. The highest BCUT2D eigenvalue weighted by Crippen LogP contribution is 2.17. The lowest BCUT2D eigenvalue weighted by atomic mass is 10.1. The van der Waals surface area contributed by atoms with Crippen LogP contribution in [0.4, 0.5) is 4.39 Å². The van der Waals surface area contributed by atoms with Gasteiger partial charge in [0.2, 0.25) is 5.43 Å². The van der Waals surface area contributed by atoms with Crippen LogP contribution in [0.1, 0.15) is 28.9 Å². The van der Waals surface area contributed by atoms with Gasteiger partial charge in [-0.1, -0.05) is 25.6 Å². The van der Waals surface area contributed by atoms with Gasteiger partial charge in [-0.3, -0.25) is 4.79 Å². The fraction of sp³-hybridized carbons (Fsp3) is 0.182. The summed E-state index contributed by atoms with van der Waals surface area (Å²) in [5.41, 5.74) is 2.44. The standard InChI is InChI=1S/C12H10FNO3.C9H9N.CH4/c1-6-3-10-7(4-9(6)13)11(15)8(12(16)17)5-14(10)2;1-7-6-10-9-5-3-2-4-8(7)9;/h3-5H,1-2H3,(H,16,17);2-6,10H,1H3;1H4. The molecule has 2 aromatic carbocycles. The topological polar surface area (TPSA) is 75.1 Å². The molecule has 5 nitrogen and oxygen atoms in total. The molecule has 0 spiro atoms. The maximum atomic E-state index is 13.4. The van der Waals surface area contributed by atoms with Crippen LogP contribution in [0.15, 0.2) is 53.6 Å². The van der Waals surface area contributed by atoms with Crippen molar-refractivity contribution in [1.29, 1.82) is 0 Å². The number of para-hydroxylation sites is 1. The Morgan fingerprint density at radius 1 is 1.11 bits per heavy atom. The van der Waals surface area contributed by atoms with Gasteiger partial charge in [-0.25, -0.2) is 9.18 Å². The molecule has 2 N–H and O–H groups in total. The third kappa shape index (κ3) is 3.81. The maximum absolute atomic E-state index is 13.4. The van der Waals surface area contributed by atoms with Gasteiger partial charge in [0.15, 0.2) is 0 Å². The number of nitrogens with one attached hydrogen (secondary N) is 1. The molecule has 0 amide bonds. The van der Waals surface area contributed by atoms with Gasteiger partial charge in [0.25, 0.3) is 0 Å². The third-order valence-electron chi connectivity index (χ3n) is 4.50. The van der Waals surface area contributed by atoms with E-state index in [2.05, 4.69) is 30.1 Å². The molecule has 4 aromatic rings. The van der Waals surface area contributed by atoms with Crippen molar-refractivity contribution in [1.82, 2.24) is 9.55 Å². The van der Waals surface area contributed by atoms with E-state index in [0.29, 0.717) is 11.1 Å². The van der Waals surface area contributed by atoms with Crippen molar-refractivity contribution in [2.24, 2.45) is 7.05 Å². The number of fused-ring (bicyclic) bond motifs is 2. The summed E-state index contributed by atoms with van der Waals surface area (Å²) in [6.07, 6.45) is 3.27. The van der Waals surface area contributed by atoms with Crippen LogP contribution in [-0.2, 0) is 7.05 Å². The Morgan fingerprint density at radius 3 is 2.43 bits per heavy atom. The minimum Gasteiger partial charge on any atom is -0.477 e. The van der Waals surface area contributed by atoms with Gasteiger partial charge in [0, 0.05) is 35.7 Å². The number of carboxylic acid groups (broad SMARTS) is 1. The number of aryl methyl sites for hydroxylation is 3. The summed E-state index contributed by atoms with van der Waals surface area (Å²) in [5.74, 6) is -1.83. The number of rotatable bonds is 1. The number of halogens is 1. The molecule has 0 aliphatic carbocycles. The average molecular weight is 382 g/mol. The van der Waals surface area contributed by atoms with Gasteiger partial charge in [0.1, 0.15) is 11.4 Å². The monoisotopic (exact) mass is 382 g/mol. The van der Waals surface area contributed by atoms with Gasteiger partial charge in [-0.15, -0.1) is 0 Å². The molecule has 0 aliphatic heterocycles. The summed E-state index contributed by atoms with van der Waals surface area (Å²) < 4.78 is 14.9. The summed E-state index contributed by atoms with van der Waals surface area (Å²) in [6, 6.07) is 10.9. The number of benzene rings is 2. The second kappa shape index (κ2) is 8.08. The van der Waals surface area contributed by atoms with Crippen molar-refractivity contribution in [3.05, 3.63) is 81.5 Å². The van der Waals surface area contributed by atoms with Crippen LogP contribution < -0.4 is 5.43 Å². The normalized spacial score (nSPS) is 10.3. The van der Waals surface area contributed by atoms with Gasteiger partial charge < -0.3 is 14.7 Å². The van der Waals surface area contributed by atoms with E-state index in [-0.39, 0.29) is 18.4 Å². The van der Waals surface area contributed by atoms with E-state index in [9.17, 15) is 14.0 Å². The van der Waals surface area contributed by atoms with Crippen LogP contribution in [0.3, 0.4) is 0 Å². The van der Waals surface area contributed by atoms with E-state index in [1.54, 1.807) is 14.0 Å². The number of pyridine rings is 1. The van der Waals surface area contributed by atoms with Crippen LogP contribution in [0, 0.1) is 19.7 Å². The van der Waals surface area contributed by atoms with Crippen LogP contribution in [0.2, 0.25) is 0 Å². The zero-order chi connectivity index (χ0) is 19.7. The van der Waals surface area contributed by atoms with Crippen molar-refractivity contribution >= 4 is 27.8 Å². The van der Waals surface area contributed by atoms with Crippen molar-refractivity contribution in [3.63, 3.8) is 0 Å². The van der Waals surface area contributed by atoms with Gasteiger partial charge in [0.05, 0.1) is 5.52 Å². The Labute approximate surface area is 162 Å². The Bertz CT molecular complexity index is 1220. The van der Waals surface area contributed by atoms with Crippen LogP contribution in [0.25, 0.3) is 21.8 Å². The van der Waals surface area contributed by atoms with E-state index in [1.807, 2.05) is 12.3 Å². The molecule has 2 heterocycles. The number of carboxylic acids is 1. The highest BCUT2D eigenvalue weighted by atomic mass is 19.1. The van der Waals surface area contributed by atoms with Gasteiger partial charge in [-0.05, 0) is 43.2 Å². The summed E-state index contributed by atoms with van der Waals surface area (Å²) in [4.78, 5) is 25.9. The molecule has 0 aliphatic rings. The lowest BCUT2D eigenvalue weighted by Crippen LogP contribution is -2.18. The molecule has 0 radical (unpaired) electrons. The number of hydrogen-bond donors (Lipinski definition) is 2. The molecule has 0 atom stereocenters. The second-order valence-corrected chi connectivity index (χ2v) is 6.42. The molecule has 0 fully saturated rings. The molecule has 0 saturated heterocycles. The fourth-order valence-electron chi connectivity index (χ4n) is 2.98. The zero-order valence-corrected chi connectivity index (χ0v) is 15.2. The number of nitrogens with zero attached hydrogens (tertiary/aromatic N) is 1. The summed E-state index contributed by atoms with van der Waals surface area (Å²) in [5, 5.41) is 10.3. The first-order valence-electron chi connectivity index (χ1n) is 8.35. The van der Waals surface area contributed by atoms with E-state index in [4.69, 9.17) is 5.11 Å². The van der Waals surface area contributed by atoms with Crippen LogP contribution >= 0.6 is 0 Å². The fourth-order valence-corrected chi connectivity index (χ4v) is 2.98. The highest BCUT2D eigenvalue weighted by Gasteiger charge is 2.14. The maximum Gasteiger partial charge on any atom is 0.341 e. The minimum absolute atomic E-state index is 0. The average Bonchev–Trinajstić information content (AvgIpc) is 3.02. The van der Waals surface area contributed by atoms with E-state index >= 15 is 0 Å². The summed E-state index contributed by atoms with van der Waals surface area (Å²) in [6.45, 7) is 3.70. The number of aromatic amines is 1. The first kappa shape index (κ1) is 20.9. The van der Waals surface area contributed by atoms with E-state index in [0.717, 1.165) is 6.07 Å². The van der Waals surface area contributed by atoms with E-state index < -0.39 is 17.2 Å². The number of aromatic carboxylic acids is 1. The number of hydrogen-bond acceptors (Lipinski definition) is 2. The van der Waals surface area contributed by atoms with Crippen molar-refractivity contribution in [3.8, 4) is 0 Å². The molecule has 0 saturated carbocycles. The Balaban J connectivity index is 0.000000217. The molecule has 28 heavy (non-hydrogen) atoms.